The van der Waals surface area contributed by atoms with Crippen molar-refractivity contribution in [3.8, 4) is 0 Å². The number of rotatable bonds is 0. The van der Waals surface area contributed by atoms with E-state index in [4.69, 9.17) is 0 Å². The Morgan fingerprint density at radius 3 is 0.889 bits per heavy atom. The third-order valence-corrected chi connectivity index (χ3v) is 0.333. The minimum Gasteiger partial charge on any atom is -1.00 e. The van der Waals surface area contributed by atoms with E-state index in [0.717, 1.165) is 0 Å². The quantitative estimate of drug-likeness (QED) is 0.282. The van der Waals surface area contributed by atoms with Gasteiger partial charge in [0.05, 0.1) is 0 Å². The molecule has 0 spiro atoms. The Bertz CT molecular complexity index is 31.0. The molecule has 0 aliphatic rings. The predicted octanol–water partition coefficient (Wildman–Crippen LogP) is -10.4. The van der Waals surface area contributed by atoms with Crippen LogP contribution in [0, 0.1) is 0 Å². The van der Waals surface area contributed by atoms with Gasteiger partial charge < -0.3 is 37.2 Å². The Kier molecular flexibility index (Phi) is 200. The first kappa shape index (κ1) is 40.5. The van der Waals surface area contributed by atoms with Gasteiger partial charge in [-0.05, 0) is 13.8 Å². The van der Waals surface area contributed by atoms with Gasteiger partial charge in [-0.15, -0.1) is 0 Å². The average Bonchev–Trinajstić information content (AvgIpc) is 1.37. The summed E-state index contributed by atoms with van der Waals surface area (Å²) in [6, 6.07) is 0. The monoisotopic (exact) mass is 395 g/mol. The summed E-state index contributed by atoms with van der Waals surface area (Å²) in [5.41, 5.74) is 0. The Hall–Kier alpha value is 2.93. The maximum absolute atomic E-state index is 2.00. The van der Waals surface area contributed by atoms with Gasteiger partial charge in [-0.2, -0.15) is 0 Å². The molecule has 0 saturated heterocycles. The molecule has 56 valence electrons. The minimum atomic E-state index is 0. The molecule has 0 aromatic rings. The molecule has 0 fully saturated rings. The van der Waals surface area contributed by atoms with Crippen LogP contribution in [0.15, 0.2) is 12.2 Å². The van der Waals surface area contributed by atoms with Crippen LogP contribution in [0.5, 0.6) is 0 Å². The second kappa shape index (κ2) is 44.3. The van der Waals surface area contributed by atoms with Crippen LogP contribution in [-0.4, -0.2) is 0 Å². The van der Waals surface area contributed by atoms with Crippen molar-refractivity contribution in [1.82, 2.24) is 0 Å². The third-order valence-electron chi connectivity index (χ3n) is 0.333. The number of halogens is 3. The molecule has 0 aliphatic carbocycles. The number of hydrogen-bond donors (Lipinski definition) is 0. The van der Waals surface area contributed by atoms with Crippen molar-refractivity contribution < 1.29 is 110 Å². The zero-order chi connectivity index (χ0) is 3.41. The Balaban J connectivity index is -0.00000000450. The SMILES string of the molecule is C/C=C\C.[Cl-].[Cl-].[Cl-].[K+].[Pt+2]. The Labute approximate surface area is 133 Å². The van der Waals surface area contributed by atoms with E-state index in [9.17, 15) is 0 Å². The van der Waals surface area contributed by atoms with E-state index in [1.54, 1.807) is 0 Å². The van der Waals surface area contributed by atoms with Gasteiger partial charge in [0.2, 0.25) is 0 Å². The summed E-state index contributed by atoms with van der Waals surface area (Å²) in [4.78, 5) is 0. The first-order chi connectivity index (χ1) is 1.91. The van der Waals surface area contributed by atoms with Gasteiger partial charge in [0, 0.05) is 0 Å². The summed E-state index contributed by atoms with van der Waals surface area (Å²) in [7, 11) is 0. The molecule has 0 amide bonds. The van der Waals surface area contributed by atoms with Crippen LogP contribution < -0.4 is 88.6 Å². The normalized spacial score (nSPS) is 4.22. The molecule has 0 nitrogen and oxygen atoms in total. The molecule has 0 radical (unpaired) electrons. The molecular formula is C4H8Cl3KPt. The molecule has 5 heteroatoms. The number of allylic oxidation sites excluding steroid dienone is 2. The third kappa shape index (κ3) is 56.4. The molecular weight excluding hydrogens is 389 g/mol. The van der Waals surface area contributed by atoms with Crippen molar-refractivity contribution in [3.63, 3.8) is 0 Å². The van der Waals surface area contributed by atoms with Crippen LogP contribution in [-0.2, 0) is 21.1 Å². The van der Waals surface area contributed by atoms with Crippen molar-refractivity contribution in [2.75, 3.05) is 0 Å². The van der Waals surface area contributed by atoms with Gasteiger partial charge in [0.25, 0.3) is 0 Å². The van der Waals surface area contributed by atoms with Crippen LogP contribution in [0.2, 0.25) is 0 Å². The molecule has 0 aliphatic heterocycles. The summed E-state index contributed by atoms with van der Waals surface area (Å²) < 4.78 is 0. The minimum absolute atomic E-state index is 0. The van der Waals surface area contributed by atoms with E-state index in [-0.39, 0.29) is 110 Å². The van der Waals surface area contributed by atoms with Crippen LogP contribution in [0.3, 0.4) is 0 Å². The smallest absolute Gasteiger partial charge is 1.00 e. The topological polar surface area (TPSA) is 0 Å². The van der Waals surface area contributed by atoms with E-state index in [1.807, 2.05) is 26.0 Å². The summed E-state index contributed by atoms with van der Waals surface area (Å²) in [6.07, 6.45) is 4.00. The molecule has 0 aromatic heterocycles. The molecule has 0 unspecified atom stereocenters. The molecule has 0 N–H and O–H groups in total. The van der Waals surface area contributed by atoms with E-state index < -0.39 is 0 Å². The molecule has 9 heavy (non-hydrogen) atoms. The van der Waals surface area contributed by atoms with Crippen molar-refractivity contribution in [3.05, 3.63) is 12.2 Å². The van der Waals surface area contributed by atoms with Crippen molar-refractivity contribution in [1.29, 1.82) is 0 Å². The zero-order valence-corrected chi connectivity index (χ0v) is 13.3. The molecule has 0 atom stereocenters. The van der Waals surface area contributed by atoms with Crippen molar-refractivity contribution in [2.45, 2.75) is 13.8 Å². The zero-order valence-electron chi connectivity index (χ0n) is 5.60. The van der Waals surface area contributed by atoms with E-state index >= 15 is 0 Å². The van der Waals surface area contributed by atoms with E-state index in [0.29, 0.717) is 0 Å². The van der Waals surface area contributed by atoms with Gasteiger partial charge in [-0.3, -0.25) is 0 Å². The first-order valence-electron chi connectivity index (χ1n) is 1.49. The largest absolute Gasteiger partial charge is 2.00 e. The fourth-order valence-electron chi connectivity index (χ4n) is 0. The van der Waals surface area contributed by atoms with Gasteiger partial charge in [0.15, 0.2) is 0 Å². The second-order valence-corrected chi connectivity index (χ2v) is 0.667. The van der Waals surface area contributed by atoms with Crippen LogP contribution >= 0.6 is 0 Å². The van der Waals surface area contributed by atoms with E-state index in [2.05, 4.69) is 0 Å². The standard InChI is InChI=1S/C4H8.3ClH.K.Pt/c1-3-4-2;;;;;/h3-4H,1-2H3;3*1H;;/q;;;;+1;+2/p-3/b4-3-;;;;;. The van der Waals surface area contributed by atoms with Crippen molar-refractivity contribution in [2.24, 2.45) is 0 Å². The van der Waals surface area contributed by atoms with Crippen LogP contribution in [0.1, 0.15) is 13.8 Å². The van der Waals surface area contributed by atoms with Gasteiger partial charge in [0.1, 0.15) is 0 Å². The average molecular weight is 397 g/mol. The summed E-state index contributed by atoms with van der Waals surface area (Å²) >= 11 is 0. The maximum atomic E-state index is 2.00. The Morgan fingerprint density at radius 1 is 0.778 bits per heavy atom. The second-order valence-electron chi connectivity index (χ2n) is 0.667. The fourth-order valence-corrected chi connectivity index (χ4v) is 0. The van der Waals surface area contributed by atoms with Gasteiger partial charge >= 0.3 is 72.4 Å². The van der Waals surface area contributed by atoms with Gasteiger partial charge in [-0.1, -0.05) is 12.2 Å². The molecule has 0 aromatic carbocycles. The predicted molar refractivity (Wildman–Crippen MR) is 20.5 cm³/mol. The summed E-state index contributed by atoms with van der Waals surface area (Å²) in [5, 5.41) is 0. The molecule has 0 heterocycles. The summed E-state index contributed by atoms with van der Waals surface area (Å²) in [6.45, 7) is 4.00. The Morgan fingerprint density at radius 2 is 0.889 bits per heavy atom. The maximum Gasteiger partial charge on any atom is 2.00 e. The van der Waals surface area contributed by atoms with E-state index in [1.165, 1.54) is 0 Å². The van der Waals surface area contributed by atoms with Gasteiger partial charge in [-0.25, -0.2) is 0 Å². The molecule has 0 rings (SSSR count). The van der Waals surface area contributed by atoms with Crippen molar-refractivity contribution >= 4 is 0 Å². The van der Waals surface area contributed by atoms with Crippen LogP contribution in [0.25, 0.3) is 0 Å². The summed E-state index contributed by atoms with van der Waals surface area (Å²) in [5.74, 6) is 0. The first-order valence-corrected chi connectivity index (χ1v) is 1.49. The molecule has 0 saturated carbocycles. The molecule has 0 bridgehead atoms. The number of hydrogen-bond acceptors (Lipinski definition) is 0. The fraction of sp³-hybridized carbons (Fsp3) is 0.500. The van der Waals surface area contributed by atoms with Crippen LogP contribution in [0.4, 0.5) is 0 Å².